The predicted octanol–water partition coefficient (Wildman–Crippen LogP) is 5.71. The Kier molecular flexibility index (Phi) is 7.60. The van der Waals surface area contributed by atoms with E-state index in [1.807, 2.05) is 41.8 Å². The third-order valence-electron chi connectivity index (χ3n) is 4.62. The van der Waals surface area contributed by atoms with E-state index >= 15 is 0 Å². The normalized spacial score (nSPS) is 10.9. The van der Waals surface area contributed by atoms with Crippen molar-refractivity contribution in [2.45, 2.75) is 32.9 Å². The quantitative estimate of drug-likeness (QED) is 0.464. The number of ether oxygens (including phenoxy) is 3. The molecule has 2 amide bonds. The SMILES string of the molecule is COc1ccc(-c2csc(NC(=O)OC(C)(C)C)c2C(=O)NCc2ccccc2)cc1OC. The lowest BCUT2D eigenvalue weighted by Gasteiger charge is -2.19. The highest BCUT2D eigenvalue weighted by atomic mass is 32.1. The van der Waals surface area contributed by atoms with Crippen LogP contribution in [0.15, 0.2) is 53.9 Å². The minimum Gasteiger partial charge on any atom is -0.493 e. The number of thiophene rings is 1. The standard InChI is InChI=1S/C25H28N2O5S/c1-25(2,3)32-24(29)27-23-21(22(28)26-14-16-9-7-6-8-10-16)18(15-33-23)17-11-12-19(30-4)20(13-17)31-5/h6-13,15H,14H2,1-5H3,(H,26,28)(H,27,29). The molecule has 0 aliphatic heterocycles. The molecule has 174 valence electrons. The van der Waals surface area contributed by atoms with E-state index in [-0.39, 0.29) is 5.91 Å². The number of rotatable bonds is 7. The van der Waals surface area contributed by atoms with Gasteiger partial charge in [0, 0.05) is 17.5 Å². The smallest absolute Gasteiger partial charge is 0.412 e. The van der Waals surface area contributed by atoms with Gasteiger partial charge in [0.25, 0.3) is 5.91 Å². The summed E-state index contributed by atoms with van der Waals surface area (Å²) in [4.78, 5) is 25.7. The molecule has 2 N–H and O–H groups in total. The molecule has 0 atom stereocenters. The zero-order valence-electron chi connectivity index (χ0n) is 19.4. The number of hydrogen-bond donors (Lipinski definition) is 2. The van der Waals surface area contributed by atoms with Crippen LogP contribution >= 0.6 is 11.3 Å². The Morgan fingerprint density at radius 3 is 2.30 bits per heavy atom. The van der Waals surface area contributed by atoms with Gasteiger partial charge in [-0.1, -0.05) is 36.4 Å². The van der Waals surface area contributed by atoms with Crippen LogP contribution in [0.2, 0.25) is 0 Å². The Hall–Kier alpha value is -3.52. The lowest BCUT2D eigenvalue weighted by atomic mass is 10.0. The maximum Gasteiger partial charge on any atom is 0.412 e. The van der Waals surface area contributed by atoms with Crippen molar-refractivity contribution >= 4 is 28.3 Å². The average Bonchev–Trinajstić information content (AvgIpc) is 3.19. The Morgan fingerprint density at radius 1 is 0.970 bits per heavy atom. The van der Waals surface area contributed by atoms with Crippen molar-refractivity contribution in [2.24, 2.45) is 0 Å². The van der Waals surface area contributed by atoms with Gasteiger partial charge in [0.2, 0.25) is 0 Å². The van der Waals surface area contributed by atoms with Crippen LogP contribution in [0.5, 0.6) is 11.5 Å². The number of amides is 2. The molecular formula is C25H28N2O5S. The van der Waals surface area contributed by atoms with Gasteiger partial charge in [-0.15, -0.1) is 11.3 Å². The summed E-state index contributed by atoms with van der Waals surface area (Å²) in [7, 11) is 3.12. The number of benzene rings is 2. The van der Waals surface area contributed by atoms with E-state index < -0.39 is 11.7 Å². The maximum absolute atomic E-state index is 13.3. The number of carbonyl (C=O) groups excluding carboxylic acids is 2. The van der Waals surface area contributed by atoms with E-state index in [0.717, 1.165) is 11.1 Å². The van der Waals surface area contributed by atoms with Crippen molar-refractivity contribution in [3.63, 3.8) is 0 Å². The molecule has 0 bridgehead atoms. The first kappa shape index (κ1) is 24.1. The fourth-order valence-electron chi connectivity index (χ4n) is 3.15. The molecule has 1 aromatic heterocycles. The van der Waals surface area contributed by atoms with E-state index in [1.165, 1.54) is 11.3 Å². The average molecular weight is 469 g/mol. The summed E-state index contributed by atoms with van der Waals surface area (Å²) in [6.45, 7) is 5.70. The molecule has 3 rings (SSSR count). The number of nitrogens with one attached hydrogen (secondary N) is 2. The summed E-state index contributed by atoms with van der Waals surface area (Å²) in [6.07, 6.45) is -0.625. The van der Waals surface area contributed by atoms with Crippen LogP contribution in [0.3, 0.4) is 0 Å². The van der Waals surface area contributed by atoms with E-state index in [4.69, 9.17) is 14.2 Å². The zero-order chi connectivity index (χ0) is 24.0. The van der Waals surface area contributed by atoms with E-state index in [1.54, 1.807) is 47.1 Å². The molecule has 3 aromatic rings. The van der Waals surface area contributed by atoms with Crippen molar-refractivity contribution in [1.29, 1.82) is 0 Å². The highest BCUT2D eigenvalue weighted by Crippen LogP contribution is 2.39. The molecule has 0 aliphatic rings. The second kappa shape index (κ2) is 10.4. The van der Waals surface area contributed by atoms with Crippen LogP contribution in [0.25, 0.3) is 11.1 Å². The minimum atomic E-state index is -0.663. The van der Waals surface area contributed by atoms with E-state index in [0.29, 0.717) is 34.2 Å². The van der Waals surface area contributed by atoms with Crippen molar-refractivity contribution in [3.8, 4) is 22.6 Å². The first-order chi connectivity index (χ1) is 15.7. The van der Waals surface area contributed by atoms with Crippen LogP contribution in [0, 0.1) is 0 Å². The number of anilines is 1. The topological polar surface area (TPSA) is 85.9 Å². The van der Waals surface area contributed by atoms with Crippen molar-refractivity contribution in [3.05, 3.63) is 65.0 Å². The van der Waals surface area contributed by atoms with Crippen LogP contribution in [0.1, 0.15) is 36.7 Å². The monoisotopic (exact) mass is 468 g/mol. The van der Waals surface area contributed by atoms with Gasteiger partial charge in [0.05, 0.1) is 19.8 Å². The van der Waals surface area contributed by atoms with Crippen molar-refractivity contribution in [2.75, 3.05) is 19.5 Å². The molecule has 0 saturated heterocycles. The number of hydrogen-bond acceptors (Lipinski definition) is 6. The van der Waals surface area contributed by atoms with Gasteiger partial charge in [-0.2, -0.15) is 0 Å². The van der Waals surface area contributed by atoms with Crippen molar-refractivity contribution < 1.29 is 23.8 Å². The lowest BCUT2D eigenvalue weighted by Crippen LogP contribution is -2.28. The number of carbonyl (C=O) groups is 2. The highest BCUT2D eigenvalue weighted by molar-refractivity contribution is 7.15. The first-order valence-corrected chi connectivity index (χ1v) is 11.3. The Bertz CT molecular complexity index is 1120. The van der Waals surface area contributed by atoms with Gasteiger partial charge in [-0.05, 0) is 44.0 Å². The lowest BCUT2D eigenvalue weighted by molar-refractivity contribution is 0.0636. The van der Waals surface area contributed by atoms with Gasteiger partial charge in [0.1, 0.15) is 10.6 Å². The Morgan fingerprint density at radius 2 is 1.67 bits per heavy atom. The van der Waals surface area contributed by atoms with Gasteiger partial charge in [0.15, 0.2) is 11.5 Å². The summed E-state index contributed by atoms with van der Waals surface area (Å²) in [5.74, 6) is 0.813. The van der Waals surface area contributed by atoms with Crippen LogP contribution < -0.4 is 20.1 Å². The maximum atomic E-state index is 13.3. The minimum absolute atomic E-state index is 0.309. The van der Waals surface area contributed by atoms with Gasteiger partial charge < -0.3 is 19.5 Å². The first-order valence-electron chi connectivity index (χ1n) is 10.4. The van der Waals surface area contributed by atoms with E-state index in [9.17, 15) is 9.59 Å². The second-order valence-corrected chi connectivity index (χ2v) is 9.10. The summed E-state index contributed by atoms with van der Waals surface area (Å²) in [5.41, 5.74) is 2.08. The molecule has 0 unspecified atom stereocenters. The summed E-state index contributed by atoms with van der Waals surface area (Å²) < 4.78 is 16.1. The van der Waals surface area contributed by atoms with Crippen LogP contribution in [-0.4, -0.2) is 31.8 Å². The molecule has 33 heavy (non-hydrogen) atoms. The molecule has 0 fully saturated rings. The summed E-state index contributed by atoms with van der Waals surface area (Å²) in [6, 6.07) is 15.0. The molecule has 0 radical (unpaired) electrons. The Balaban J connectivity index is 1.96. The molecule has 0 aliphatic carbocycles. The third kappa shape index (κ3) is 6.26. The fraction of sp³-hybridized carbons (Fsp3) is 0.280. The summed E-state index contributed by atoms with van der Waals surface area (Å²) in [5, 5.41) is 7.90. The molecular weight excluding hydrogens is 440 g/mol. The van der Waals surface area contributed by atoms with Gasteiger partial charge >= 0.3 is 6.09 Å². The van der Waals surface area contributed by atoms with Gasteiger partial charge in [-0.25, -0.2) is 4.79 Å². The molecule has 0 spiro atoms. The summed E-state index contributed by atoms with van der Waals surface area (Å²) >= 11 is 1.25. The van der Waals surface area contributed by atoms with Gasteiger partial charge in [-0.3, -0.25) is 10.1 Å². The molecule has 0 saturated carbocycles. The molecule has 7 nitrogen and oxygen atoms in total. The van der Waals surface area contributed by atoms with Crippen LogP contribution in [0.4, 0.5) is 9.80 Å². The Labute approximate surface area is 197 Å². The molecule has 2 aromatic carbocycles. The van der Waals surface area contributed by atoms with E-state index in [2.05, 4.69) is 10.6 Å². The molecule has 8 heteroatoms. The predicted molar refractivity (Wildman–Crippen MR) is 130 cm³/mol. The zero-order valence-corrected chi connectivity index (χ0v) is 20.2. The fourth-order valence-corrected chi connectivity index (χ4v) is 4.11. The van der Waals surface area contributed by atoms with Crippen LogP contribution in [-0.2, 0) is 11.3 Å². The third-order valence-corrected chi connectivity index (χ3v) is 5.52. The van der Waals surface area contributed by atoms with Crippen molar-refractivity contribution in [1.82, 2.24) is 5.32 Å². The molecule has 1 heterocycles. The number of methoxy groups -OCH3 is 2. The largest absolute Gasteiger partial charge is 0.493 e. The highest BCUT2D eigenvalue weighted by Gasteiger charge is 2.24. The second-order valence-electron chi connectivity index (χ2n) is 8.22.